The fourth-order valence-electron chi connectivity index (χ4n) is 3.52. The number of carbonyl (C=O) groups is 1. The van der Waals surface area contributed by atoms with Gasteiger partial charge in [0, 0.05) is 47.6 Å². The maximum Gasteiger partial charge on any atom is 0.255 e. The molecule has 0 saturated carbocycles. The Morgan fingerprint density at radius 3 is 2.83 bits per heavy atom. The number of benzene rings is 1. The second-order valence-corrected chi connectivity index (χ2v) is 6.68. The molecule has 4 rings (SSSR count). The van der Waals surface area contributed by atoms with Crippen LogP contribution in [0.1, 0.15) is 34.7 Å². The van der Waals surface area contributed by atoms with Gasteiger partial charge in [0.15, 0.2) is 0 Å². The van der Waals surface area contributed by atoms with Crippen LogP contribution in [-0.2, 0) is 0 Å². The van der Waals surface area contributed by atoms with E-state index in [-0.39, 0.29) is 5.91 Å². The lowest BCUT2D eigenvalue weighted by molar-refractivity contribution is 0.0713. The predicted octanol–water partition coefficient (Wildman–Crippen LogP) is 4.24. The summed E-state index contributed by atoms with van der Waals surface area (Å²) >= 11 is 6.06. The fourth-order valence-corrected chi connectivity index (χ4v) is 3.70. The van der Waals surface area contributed by atoms with Gasteiger partial charge in [-0.2, -0.15) is 0 Å². The molecule has 1 aromatic carbocycles. The highest BCUT2D eigenvalue weighted by Crippen LogP contribution is 2.34. The van der Waals surface area contributed by atoms with Crippen LogP contribution in [0.4, 0.5) is 0 Å². The van der Waals surface area contributed by atoms with Crippen LogP contribution in [0.2, 0.25) is 5.02 Å². The molecule has 1 aliphatic rings. The highest BCUT2D eigenvalue weighted by Gasteiger charge is 2.26. The van der Waals surface area contributed by atoms with Crippen LogP contribution in [0.5, 0.6) is 0 Å². The number of amides is 1. The van der Waals surface area contributed by atoms with Crippen molar-refractivity contribution in [2.24, 2.45) is 0 Å². The molecule has 1 fully saturated rings. The van der Waals surface area contributed by atoms with Crippen LogP contribution < -0.4 is 0 Å². The molecule has 0 atom stereocenters. The second kappa shape index (κ2) is 6.29. The van der Waals surface area contributed by atoms with Crippen molar-refractivity contribution in [2.45, 2.75) is 18.8 Å². The van der Waals surface area contributed by atoms with E-state index in [9.17, 15) is 4.79 Å². The van der Waals surface area contributed by atoms with E-state index < -0.39 is 0 Å². The Labute approximate surface area is 145 Å². The largest absolute Gasteiger partial charge is 0.361 e. The molecule has 3 aromatic rings. The van der Waals surface area contributed by atoms with Crippen molar-refractivity contribution in [3.05, 3.63) is 65.1 Å². The second-order valence-electron chi connectivity index (χ2n) is 6.24. The molecular weight excluding hydrogens is 322 g/mol. The topological polar surface area (TPSA) is 49.0 Å². The van der Waals surface area contributed by atoms with Gasteiger partial charge in [-0.15, -0.1) is 0 Å². The molecule has 0 radical (unpaired) electrons. The van der Waals surface area contributed by atoms with Crippen molar-refractivity contribution in [1.82, 2.24) is 14.9 Å². The van der Waals surface area contributed by atoms with Crippen LogP contribution in [0.3, 0.4) is 0 Å². The molecule has 5 heteroatoms. The molecule has 24 heavy (non-hydrogen) atoms. The summed E-state index contributed by atoms with van der Waals surface area (Å²) in [6.45, 7) is 1.55. The summed E-state index contributed by atoms with van der Waals surface area (Å²) in [5, 5.41) is 1.98. The summed E-state index contributed by atoms with van der Waals surface area (Å²) in [5.74, 6) is 0.546. The number of piperidine rings is 1. The zero-order valence-corrected chi connectivity index (χ0v) is 14.0. The Bertz CT molecular complexity index is 867. The summed E-state index contributed by atoms with van der Waals surface area (Å²) in [7, 11) is 0. The Kier molecular flexibility index (Phi) is 3.98. The van der Waals surface area contributed by atoms with Gasteiger partial charge in [0.05, 0.1) is 5.56 Å². The van der Waals surface area contributed by atoms with Crippen molar-refractivity contribution in [3.8, 4) is 0 Å². The molecule has 0 bridgehead atoms. The van der Waals surface area contributed by atoms with E-state index in [1.807, 2.05) is 23.1 Å². The molecule has 3 heterocycles. The van der Waals surface area contributed by atoms with E-state index in [1.165, 1.54) is 10.9 Å². The number of aromatic nitrogens is 2. The minimum atomic E-state index is 0.0762. The molecule has 1 amide bonds. The Balaban J connectivity index is 1.48. The number of pyridine rings is 1. The first-order valence-corrected chi connectivity index (χ1v) is 8.56. The van der Waals surface area contributed by atoms with Gasteiger partial charge < -0.3 is 9.88 Å². The smallest absolute Gasteiger partial charge is 0.255 e. The highest BCUT2D eigenvalue weighted by molar-refractivity contribution is 6.31. The maximum atomic E-state index is 12.5. The summed E-state index contributed by atoms with van der Waals surface area (Å²) in [6, 6.07) is 9.60. The van der Waals surface area contributed by atoms with Gasteiger partial charge in [0.25, 0.3) is 5.91 Å². The number of rotatable bonds is 2. The van der Waals surface area contributed by atoms with Gasteiger partial charge in [0.2, 0.25) is 0 Å². The maximum absolute atomic E-state index is 12.5. The Morgan fingerprint density at radius 1 is 1.25 bits per heavy atom. The molecule has 2 aromatic heterocycles. The summed E-state index contributed by atoms with van der Waals surface area (Å²) < 4.78 is 0. The van der Waals surface area contributed by atoms with Gasteiger partial charge in [-0.1, -0.05) is 17.7 Å². The van der Waals surface area contributed by atoms with Crippen molar-refractivity contribution < 1.29 is 4.79 Å². The predicted molar refractivity (Wildman–Crippen MR) is 95.4 cm³/mol. The first-order valence-electron chi connectivity index (χ1n) is 8.18. The van der Waals surface area contributed by atoms with Crippen LogP contribution in [0.25, 0.3) is 10.9 Å². The van der Waals surface area contributed by atoms with E-state index in [0.717, 1.165) is 36.5 Å². The summed E-state index contributed by atoms with van der Waals surface area (Å²) in [4.78, 5) is 21.8. The van der Waals surface area contributed by atoms with Crippen molar-refractivity contribution in [2.75, 3.05) is 13.1 Å². The number of nitrogens with one attached hydrogen (secondary N) is 1. The molecule has 1 saturated heterocycles. The zero-order chi connectivity index (χ0) is 16.5. The molecule has 0 aliphatic carbocycles. The van der Waals surface area contributed by atoms with E-state index in [4.69, 9.17) is 11.6 Å². The number of halogens is 1. The SMILES string of the molecule is O=C(c1cccnc1)N1CCC(c2c[nH]c3cc(Cl)ccc23)CC1. The van der Waals surface area contributed by atoms with Gasteiger partial charge in [-0.3, -0.25) is 9.78 Å². The number of likely N-dealkylation sites (tertiary alicyclic amines) is 1. The third kappa shape index (κ3) is 2.78. The fraction of sp³-hybridized carbons (Fsp3) is 0.263. The van der Waals surface area contributed by atoms with Gasteiger partial charge in [-0.25, -0.2) is 0 Å². The first-order chi connectivity index (χ1) is 11.7. The first kappa shape index (κ1) is 15.2. The lowest BCUT2D eigenvalue weighted by Gasteiger charge is -2.32. The molecule has 0 spiro atoms. The molecule has 1 N–H and O–H groups in total. The van der Waals surface area contributed by atoms with Crippen LogP contribution in [0.15, 0.2) is 48.9 Å². The average Bonchev–Trinajstić information content (AvgIpc) is 3.05. The molecule has 0 unspecified atom stereocenters. The quantitative estimate of drug-likeness (QED) is 0.759. The number of carbonyl (C=O) groups excluding carboxylic acids is 1. The van der Waals surface area contributed by atoms with E-state index in [0.29, 0.717) is 11.5 Å². The monoisotopic (exact) mass is 339 g/mol. The number of fused-ring (bicyclic) bond motifs is 1. The third-order valence-corrected chi connectivity index (χ3v) is 5.04. The minimum absolute atomic E-state index is 0.0762. The third-order valence-electron chi connectivity index (χ3n) is 4.81. The Hall–Kier alpha value is -2.33. The number of nitrogens with zero attached hydrogens (tertiary/aromatic N) is 2. The van der Waals surface area contributed by atoms with E-state index in [1.54, 1.807) is 18.5 Å². The lowest BCUT2D eigenvalue weighted by atomic mass is 9.89. The van der Waals surface area contributed by atoms with Gasteiger partial charge >= 0.3 is 0 Å². The van der Waals surface area contributed by atoms with Gasteiger partial charge in [0.1, 0.15) is 0 Å². The summed E-state index contributed by atoms with van der Waals surface area (Å²) in [5.41, 5.74) is 3.07. The molecule has 122 valence electrons. The van der Waals surface area contributed by atoms with Crippen LogP contribution in [-0.4, -0.2) is 33.9 Å². The zero-order valence-electron chi connectivity index (χ0n) is 13.2. The molecular formula is C19H18ClN3O. The Morgan fingerprint density at radius 2 is 2.08 bits per heavy atom. The highest BCUT2D eigenvalue weighted by atomic mass is 35.5. The number of hydrogen-bond donors (Lipinski definition) is 1. The van der Waals surface area contributed by atoms with E-state index in [2.05, 4.69) is 22.2 Å². The number of H-pyrrole nitrogens is 1. The normalized spacial score (nSPS) is 15.8. The average molecular weight is 340 g/mol. The van der Waals surface area contributed by atoms with Crippen molar-refractivity contribution >= 4 is 28.4 Å². The van der Waals surface area contributed by atoms with E-state index >= 15 is 0 Å². The lowest BCUT2D eigenvalue weighted by Crippen LogP contribution is -2.37. The minimum Gasteiger partial charge on any atom is -0.361 e. The number of aromatic amines is 1. The summed E-state index contributed by atoms with van der Waals surface area (Å²) in [6.07, 6.45) is 7.36. The van der Waals surface area contributed by atoms with Crippen molar-refractivity contribution in [3.63, 3.8) is 0 Å². The van der Waals surface area contributed by atoms with Crippen LogP contribution >= 0.6 is 11.6 Å². The van der Waals surface area contributed by atoms with Crippen molar-refractivity contribution in [1.29, 1.82) is 0 Å². The van der Waals surface area contributed by atoms with Gasteiger partial charge in [-0.05, 0) is 48.6 Å². The van der Waals surface area contributed by atoms with Crippen LogP contribution in [0, 0.1) is 0 Å². The molecule has 4 nitrogen and oxygen atoms in total. The standard InChI is InChI=1S/C19H18ClN3O/c20-15-3-4-16-17(12-22-18(16)10-15)13-5-8-23(9-6-13)19(24)14-2-1-7-21-11-14/h1-4,7,10-13,22H,5-6,8-9H2. The number of hydrogen-bond acceptors (Lipinski definition) is 2. The molecule has 1 aliphatic heterocycles.